The van der Waals surface area contributed by atoms with E-state index in [4.69, 9.17) is 0 Å². The summed E-state index contributed by atoms with van der Waals surface area (Å²) < 4.78 is 28.0. The largest absolute Gasteiger partial charge is 0.352 e. The Morgan fingerprint density at radius 1 is 0.862 bits per heavy atom. The zero-order valence-corrected chi connectivity index (χ0v) is 17.8. The van der Waals surface area contributed by atoms with Crippen LogP contribution in [0.1, 0.15) is 0 Å². The number of halogens is 1. The Labute approximate surface area is 177 Å². The predicted octanol–water partition coefficient (Wildman–Crippen LogP) is 2.89. The first-order chi connectivity index (χ1) is 14.0. The van der Waals surface area contributed by atoms with Crippen molar-refractivity contribution >= 4 is 43.3 Å². The first-order valence-electron chi connectivity index (χ1n) is 9.04. The third-order valence-electron chi connectivity index (χ3n) is 4.62. The van der Waals surface area contributed by atoms with Gasteiger partial charge in [-0.2, -0.15) is 4.31 Å². The number of pyridine rings is 1. The van der Waals surface area contributed by atoms with Crippen molar-refractivity contribution in [1.29, 1.82) is 0 Å². The molecule has 1 aliphatic heterocycles. The minimum absolute atomic E-state index is 0.306. The molecule has 0 amide bonds. The van der Waals surface area contributed by atoms with Crippen molar-refractivity contribution in [3.63, 3.8) is 0 Å². The van der Waals surface area contributed by atoms with Crippen LogP contribution in [0.5, 0.6) is 0 Å². The van der Waals surface area contributed by atoms with E-state index in [0.29, 0.717) is 36.9 Å². The first-order valence-corrected chi connectivity index (χ1v) is 11.3. The minimum Gasteiger partial charge on any atom is -0.352 e. The number of hydrogen-bond donors (Lipinski definition) is 1. The lowest BCUT2D eigenvalue weighted by Gasteiger charge is -2.34. The monoisotopic (exact) mass is 474 g/mol. The highest BCUT2D eigenvalue weighted by Gasteiger charge is 2.29. The van der Waals surface area contributed by atoms with Gasteiger partial charge in [0, 0.05) is 48.7 Å². The number of nitrogens with zero attached hydrogens (tertiary/aromatic N) is 5. The second-order valence-corrected chi connectivity index (χ2v) is 9.34. The highest BCUT2D eigenvalue weighted by molar-refractivity contribution is 9.10. The molecule has 4 rings (SSSR count). The molecule has 8 nitrogen and oxygen atoms in total. The van der Waals surface area contributed by atoms with E-state index in [1.54, 1.807) is 36.7 Å². The van der Waals surface area contributed by atoms with Gasteiger partial charge in [0.15, 0.2) is 11.6 Å². The third kappa shape index (κ3) is 4.55. The van der Waals surface area contributed by atoms with E-state index in [-0.39, 0.29) is 0 Å². The summed E-state index contributed by atoms with van der Waals surface area (Å²) in [5, 5.41) is 11.7. The first kappa shape index (κ1) is 19.7. The fraction of sp³-hybridized carbons (Fsp3) is 0.211. The molecule has 1 N–H and O–H groups in total. The van der Waals surface area contributed by atoms with E-state index in [9.17, 15) is 8.42 Å². The van der Waals surface area contributed by atoms with Crippen molar-refractivity contribution in [2.24, 2.45) is 0 Å². The van der Waals surface area contributed by atoms with Gasteiger partial charge < -0.3 is 10.2 Å². The van der Waals surface area contributed by atoms with Gasteiger partial charge >= 0.3 is 0 Å². The standard InChI is InChI=1S/C19H19BrN6O2S/c20-15-1-3-17(4-2-15)29(27,28)26-13-11-25(12-14-26)19-6-5-18(23-24-19)22-16-7-9-21-10-8-16/h1-10H,11-14H2,(H,21,22,23). The van der Waals surface area contributed by atoms with Crippen LogP contribution in [-0.2, 0) is 10.0 Å². The molecule has 1 aliphatic rings. The molecular weight excluding hydrogens is 456 g/mol. The van der Waals surface area contributed by atoms with Crippen LogP contribution >= 0.6 is 15.9 Å². The second kappa shape index (κ2) is 8.44. The number of anilines is 3. The van der Waals surface area contributed by atoms with Crippen molar-refractivity contribution in [3.05, 3.63) is 65.4 Å². The number of aromatic nitrogens is 3. The van der Waals surface area contributed by atoms with Gasteiger partial charge in [0.1, 0.15) is 0 Å². The topological polar surface area (TPSA) is 91.3 Å². The van der Waals surface area contributed by atoms with E-state index in [0.717, 1.165) is 16.0 Å². The Morgan fingerprint density at radius 2 is 1.55 bits per heavy atom. The third-order valence-corrected chi connectivity index (χ3v) is 7.06. The Morgan fingerprint density at radius 3 is 2.17 bits per heavy atom. The van der Waals surface area contributed by atoms with Gasteiger partial charge in [0.2, 0.25) is 10.0 Å². The average Bonchev–Trinajstić information content (AvgIpc) is 2.75. The number of piperazine rings is 1. The SMILES string of the molecule is O=S(=O)(c1ccc(Br)cc1)N1CCN(c2ccc(Nc3ccncc3)nn2)CC1. The van der Waals surface area contributed by atoms with E-state index in [1.807, 2.05) is 29.2 Å². The number of sulfonamides is 1. The normalized spacial score (nSPS) is 15.3. The number of nitrogens with one attached hydrogen (secondary N) is 1. The summed E-state index contributed by atoms with van der Waals surface area (Å²) in [5.41, 5.74) is 0.883. The lowest BCUT2D eigenvalue weighted by Crippen LogP contribution is -2.48. The number of rotatable bonds is 5. The smallest absolute Gasteiger partial charge is 0.243 e. The number of hydrogen-bond acceptors (Lipinski definition) is 7. The summed E-state index contributed by atoms with van der Waals surface area (Å²) in [6.07, 6.45) is 3.40. The van der Waals surface area contributed by atoms with Crippen LogP contribution in [0.4, 0.5) is 17.3 Å². The Kier molecular flexibility index (Phi) is 5.74. The summed E-state index contributed by atoms with van der Waals surface area (Å²) in [5.74, 6) is 1.36. The highest BCUT2D eigenvalue weighted by atomic mass is 79.9. The van der Waals surface area contributed by atoms with Crippen LogP contribution in [0.2, 0.25) is 0 Å². The summed E-state index contributed by atoms with van der Waals surface area (Å²) in [4.78, 5) is 6.32. The Balaban J connectivity index is 1.38. The lowest BCUT2D eigenvalue weighted by atomic mass is 10.3. The molecule has 29 heavy (non-hydrogen) atoms. The van der Waals surface area contributed by atoms with E-state index in [1.165, 1.54) is 4.31 Å². The molecule has 10 heteroatoms. The molecule has 3 heterocycles. The van der Waals surface area contributed by atoms with Crippen LogP contribution in [0.3, 0.4) is 0 Å². The Hall–Kier alpha value is -2.56. The van der Waals surface area contributed by atoms with Gasteiger partial charge in [-0.05, 0) is 48.5 Å². The van der Waals surface area contributed by atoms with Crippen molar-refractivity contribution in [2.45, 2.75) is 4.90 Å². The fourth-order valence-electron chi connectivity index (χ4n) is 3.06. The fourth-order valence-corrected chi connectivity index (χ4v) is 4.74. The second-order valence-electron chi connectivity index (χ2n) is 6.48. The van der Waals surface area contributed by atoms with Gasteiger partial charge in [0.25, 0.3) is 0 Å². The zero-order valence-electron chi connectivity index (χ0n) is 15.4. The van der Waals surface area contributed by atoms with E-state index < -0.39 is 10.0 Å². The minimum atomic E-state index is -3.49. The van der Waals surface area contributed by atoms with Crippen molar-refractivity contribution in [3.8, 4) is 0 Å². The van der Waals surface area contributed by atoms with Crippen LogP contribution in [0.15, 0.2) is 70.3 Å². The van der Waals surface area contributed by atoms with Crippen molar-refractivity contribution in [1.82, 2.24) is 19.5 Å². The van der Waals surface area contributed by atoms with Crippen LogP contribution in [0.25, 0.3) is 0 Å². The van der Waals surface area contributed by atoms with Crippen molar-refractivity contribution in [2.75, 3.05) is 36.4 Å². The summed E-state index contributed by atoms with van der Waals surface area (Å²) in [6.45, 7) is 1.91. The maximum absolute atomic E-state index is 12.8. The van der Waals surface area contributed by atoms with Crippen molar-refractivity contribution < 1.29 is 8.42 Å². The van der Waals surface area contributed by atoms with Gasteiger partial charge in [-0.3, -0.25) is 4.98 Å². The molecule has 0 spiro atoms. The maximum atomic E-state index is 12.8. The van der Waals surface area contributed by atoms with Crippen LogP contribution in [0, 0.1) is 0 Å². The van der Waals surface area contributed by atoms with Crippen LogP contribution < -0.4 is 10.2 Å². The molecule has 150 valence electrons. The molecule has 1 aromatic carbocycles. The summed E-state index contributed by atoms with van der Waals surface area (Å²) in [7, 11) is -3.49. The van der Waals surface area contributed by atoms with Crippen LogP contribution in [-0.4, -0.2) is 54.1 Å². The molecule has 0 radical (unpaired) electrons. The molecule has 0 saturated carbocycles. The highest BCUT2D eigenvalue weighted by Crippen LogP contribution is 2.22. The molecule has 0 unspecified atom stereocenters. The summed E-state index contributed by atoms with van der Waals surface area (Å²) >= 11 is 3.33. The predicted molar refractivity (Wildman–Crippen MR) is 115 cm³/mol. The quantitative estimate of drug-likeness (QED) is 0.607. The van der Waals surface area contributed by atoms with E-state index >= 15 is 0 Å². The molecule has 0 atom stereocenters. The van der Waals surface area contributed by atoms with Gasteiger partial charge in [-0.25, -0.2) is 8.42 Å². The molecule has 3 aromatic rings. The molecular formula is C19H19BrN6O2S. The summed E-state index contributed by atoms with van der Waals surface area (Å²) in [6, 6.07) is 14.1. The maximum Gasteiger partial charge on any atom is 0.243 e. The average molecular weight is 475 g/mol. The zero-order chi connectivity index (χ0) is 20.3. The lowest BCUT2D eigenvalue weighted by molar-refractivity contribution is 0.383. The van der Waals surface area contributed by atoms with E-state index in [2.05, 4.69) is 36.4 Å². The molecule has 0 bridgehead atoms. The molecule has 1 fully saturated rings. The Bertz CT molecular complexity index is 1050. The number of benzene rings is 1. The van der Waals surface area contributed by atoms with Gasteiger partial charge in [-0.1, -0.05) is 15.9 Å². The van der Waals surface area contributed by atoms with Gasteiger partial charge in [-0.15, -0.1) is 10.2 Å². The molecule has 2 aromatic heterocycles. The molecule has 0 aliphatic carbocycles. The van der Waals surface area contributed by atoms with Gasteiger partial charge in [0.05, 0.1) is 4.90 Å². The molecule has 1 saturated heterocycles.